The van der Waals surface area contributed by atoms with Crippen molar-refractivity contribution in [3.05, 3.63) is 64.8 Å². The van der Waals surface area contributed by atoms with Crippen LogP contribution in [-0.4, -0.2) is 59.9 Å². The number of nitrogens with zero attached hydrogens (tertiary/aromatic N) is 2. The van der Waals surface area contributed by atoms with Gasteiger partial charge in [-0.1, -0.05) is 12.1 Å². The summed E-state index contributed by atoms with van der Waals surface area (Å²) in [5, 5.41) is 1.11. The quantitative estimate of drug-likeness (QED) is 0.364. The number of carbonyl (C=O) groups is 3. The highest BCUT2D eigenvalue weighted by atomic mass is 16.5. The van der Waals surface area contributed by atoms with Crippen LogP contribution in [0.15, 0.2) is 42.6 Å². The minimum atomic E-state index is -0.577. The average molecular weight is 489 g/mol. The first-order chi connectivity index (χ1) is 17.3. The number of aldehydes is 1. The van der Waals surface area contributed by atoms with Gasteiger partial charge in [0.05, 0.1) is 24.7 Å². The third kappa shape index (κ3) is 4.55. The Morgan fingerprint density at radius 1 is 1.17 bits per heavy atom. The summed E-state index contributed by atoms with van der Waals surface area (Å²) in [7, 11) is 1.40. The van der Waals surface area contributed by atoms with Crippen molar-refractivity contribution in [2.45, 2.75) is 51.2 Å². The van der Waals surface area contributed by atoms with Gasteiger partial charge in [-0.05, 0) is 62.8 Å². The van der Waals surface area contributed by atoms with E-state index in [9.17, 15) is 14.4 Å². The van der Waals surface area contributed by atoms with Crippen LogP contribution in [0, 0.1) is 0 Å². The summed E-state index contributed by atoms with van der Waals surface area (Å²) in [5.74, 6) is 0.317. The fraction of sp³-hybridized carbons (Fsp3) is 0.414. The van der Waals surface area contributed by atoms with Crippen molar-refractivity contribution < 1.29 is 23.9 Å². The van der Waals surface area contributed by atoms with Crippen LogP contribution in [-0.2, 0) is 11.2 Å². The van der Waals surface area contributed by atoms with E-state index in [4.69, 9.17) is 9.47 Å². The molecule has 0 bridgehead atoms. The second-order valence-electron chi connectivity index (χ2n) is 10.4. The molecule has 0 aliphatic carbocycles. The number of benzene rings is 2. The van der Waals surface area contributed by atoms with Crippen LogP contribution in [0.5, 0.6) is 5.75 Å². The van der Waals surface area contributed by atoms with Gasteiger partial charge in [0.1, 0.15) is 17.6 Å². The number of ether oxygens (including phenoxy) is 2. The highest BCUT2D eigenvalue weighted by molar-refractivity contribution is 6.01. The number of carbonyl (C=O) groups excluding carboxylic acids is 3. The molecule has 0 N–H and O–H groups in total. The molecule has 7 nitrogen and oxygen atoms in total. The summed E-state index contributed by atoms with van der Waals surface area (Å²) in [6, 6.07) is 11.6. The maximum absolute atomic E-state index is 12.7. The maximum Gasteiger partial charge on any atom is 0.337 e. The minimum absolute atomic E-state index is 0.0649. The molecule has 2 aliphatic heterocycles. The number of aromatic nitrogens is 1. The Bertz CT molecular complexity index is 1330. The van der Waals surface area contributed by atoms with Gasteiger partial charge < -0.3 is 18.9 Å². The van der Waals surface area contributed by atoms with Crippen LogP contribution in [0.2, 0.25) is 0 Å². The molecular weight excluding hydrogens is 456 g/mol. The first-order valence-corrected chi connectivity index (χ1v) is 12.5. The van der Waals surface area contributed by atoms with Crippen molar-refractivity contribution in [3.63, 3.8) is 0 Å². The molecule has 5 rings (SSSR count). The van der Waals surface area contributed by atoms with E-state index in [1.807, 2.05) is 26.0 Å². The number of hydrogen-bond acceptors (Lipinski definition) is 6. The van der Waals surface area contributed by atoms with Crippen molar-refractivity contribution in [2.24, 2.45) is 0 Å². The van der Waals surface area contributed by atoms with Crippen molar-refractivity contribution in [2.75, 3.05) is 26.7 Å². The van der Waals surface area contributed by atoms with Crippen molar-refractivity contribution in [3.8, 4) is 5.75 Å². The van der Waals surface area contributed by atoms with E-state index >= 15 is 0 Å². The predicted molar refractivity (Wildman–Crippen MR) is 137 cm³/mol. The van der Waals surface area contributed by atoms with Crippen LogP contribution in [0.3, 0.4) is 0 Å². The highest BCUT2D eigenvalue weighted by Crippen LogP contribution is 2.38. The Morgan fingerprint density at radius 2 is 1.94 bits per heavy atom. The summed E-state index contributed by atoms with van der Waals surface area (Å²) in [6.45, 7) is 6.47. The van der Waals surface area contributed by atoms with E-state index < -0.39 is 5.60 Å². The van der Waals surface area contributed by atoms with E-state index in [-0.39, 0.29) is 11.8 Å². The van der Waals surface area contributed by atoms with Crippen LogP contribution >= 0.6 is 0 Å². The molecule has 0 atom stereocenters. The molecule has 7 heteroatoms. The van der Waals surface area contributed by atoms with E-state index in [0.29, 0.717) is 41.3 Å². The zero-order chi connectivity index (χ0) is 25.4. The fourth-order valence-electron chi connectivity index (χ4n) is 5.55. The minimum Gasteiger partial charge on any atom is -0.486 e. The van der Waals surface area contributed by atoms with Gasteiger partial charge in [0, 0.05) is 48.5 Å². The summed E-state index contributed by atoms with van der Waals surface area (Å²) in [5.41, 5.74) is 3.04. The summed E-state index contributed by atoms with van der Waals surface area (Å²) in [6.07, 6.45) is 5.93. The lowest BCUT2D eigenvalue weighted by molar-refractivity contribution is 0.0595. The Kier molecular flexibility index (Phi) is 6.43. The molecule has 0 amide bonds. The molecule has 3 aromatic rings. The number of piperidine rings is 1. The first kappa shape index (κ1) is 24.3. The van der Waals surface area contributed by atoms with Crippen LogP contribution < -0.4 is 4.74 Å². The molecule has 0 unspecified atom stereocenters. The Labute approximate surface area is 211 Å². The van der Waals surface area contributed by atoms with E-state index in [1.54, 1.807) is 18.2 Å². The molecule has 0 radical (unpaired) electrons. The topological polar surface area (TPSA) is 77.8 Å². The second-order valence-corrected chi connectivity index (χ2v) is 10.4. The molecule has 188 valence electrons. The summed E-state index contributed by atoms with van der Waals surface area (Å²) >= 11 is 0. The molecule has 2 aromatic carbocycles. The molecule has 0 spiro atoms. The number of esters is 1. The number of fused-ring (bicyclic) bond motifs is 2. The molecule has 1 saturated heterocycles. The van der Waals surface area contributed by atoms with Gasteiger partial charge in [0.2, 0.25) is 0 Å². The number of Topliss-reactive ketones (excluding diaryl/α,β-unsaturated/α-hetero) is 1. The maximum atomic E-state index is 12.7. The Hall–Kier alpha value is -3.45. The van der Waals surface area contributed by atoms with Crippen LogP contribution in [0.4, 0.5) is 0 Å². The normalized spacial score (nSPS) is 18.0. The van der Waals surface area contributed by atoms with Gasteiger partial charge >= 0.3 is 5.97 Å². The van der Waals surface area contributed by atoms with Gasteiger partial charge in [-0.25, -0.2) is 4.79 Å². The van der Waals surface area contributed by atoms with Gasteiger partial charge in [0.15, 0.2) is 5.78 Å². The van der Waals surface area contributed by atoms with Crippen molar-refractivity contribution in [1.82, 2.24) is 9.47 Å². The number of rotatable bonds is 6. The van der Waals surface area contributed by atoms with Crippen molar-refractivity contribution >= 4 is 28.9 Å². The Morgan fingerprint density at radius 3 is 2.67 bits per heavy atom. The van der Waals surface area contributed by atoms with E-state index in [1.165, 1.54) is 7.11 Å². The van der Waals surface area contributed by atoms with Gasteiger partial charge in [-0.15, -0.1) is 0 Å². The first-order valence-electron chi connectivity index (χ1n) is 12.5. The zero-order valence-electron chi connectivity index (χ0n) is 21.1. The van der Waals surface area contributed by atoms with Crippen LogP contribution in [0.1, 0.15) is 75.8 Å². The molecule has 3 heterocycles. The largest absolute Gasteiger partial charge is 0.486 e. The van der Waals surface area contributed by atoms with E-state index in [0.717, 1.165) is 55.2 Å². The lowest BCUT2D eigenvalue weighted by Crippen LogP contribution is -2.38. The predicted octanol–water partition coefficient (Wildman–Crippen LogP) is 4.86. The van der Waals surface area contributed by atoms with Gasteiger partial charge in [-0.3, -0.25) is 9.59 Å². The number of ketones is 1. The summed E-state index contributed by atoms with van der Waals surface area (Å²) < 4.78 is 13.4. The zero-order valence-corrected chi connectivity index (χ0v) is 21.1. The number of likely N-dealkylation sites (tertiary alicyclic amines) is 1. The Balaban J connectivity index is 1.28. The highest BCUT2D eigenvalue weighted by Gasteiger charge is 2.34. The third-order valence-electron chi connectivity index (χ3n) is 7.46. The second kappa shape index (κ2) is 9.54. The smallest absolute Gasteiger partial charge is 0.337 e. The van der Waals surface area contributed by atoms with Gasteiger partial charge in [-0.2, -0.15) is 0 Å². The summed E-state index contributed by atoms with van der Waals surface area (Å²) in [4.78, 5) is 38.9. The molecule has 0 saturated carbocycles. The molecule has 1 fully saturated rings. The standard InChI is InChI=1S/C29H32N2O5/c1-29(2)17-26(33)24-7-6-21(18-32)23(27(24)36-29)11-14-30-12-9-22(10-13-30)31-15-8-19-4-5-20(16-25(19)31)28(34)35-3/h4-8,15-16,18,22H,9-14,17H2,1-3H3. The molecular formula is C29H32N2O5. The monoisotopic (exact) mass is 488 g/mol. The number of hydrogen-bond donors (Lipinski definition) is 0. The molecule has 1 aromatic heterocycles. The van der Waals surface area contributed by atoms with Gasteiger partial charge in [0.25, 0.3) is 0 Å². The molecule has 2 aliphatic rings. The van der Waals surface area contributed by atoms with Crippen LogP contribution in [0.25, 0.3) is 10.9 Å². The lowest BCUT2D eigenvalue weighted by atomic mass is 9.89. The van der Waals surface area contributed by atoms with E-state index in [2.05, 4.69) is 21.7 Å². The van der Waals surface area contributed by atoms with Crippen molar-refractivity contribution in [1.29, 1.82) is 0 Å². The average Bonchev–Trinajstić information content (AvgIpc) is 3.29. The lowest BCUT2D eigenvalue weighted by Gasteiger charge is -2.35. The fourth-order valence-corrected chi connectivity index (χ4v) is 5.55. The third-order valence-corrected chi connectivity index (χ3v) is 7.46. The number of methoxy groups -OCH3 is 1. The molecule has 36 heavy (non-hydrogen) atoms. The SMILES string of the molecule is COC(=O)c1ccc2ccn(C3CCN(CCc4c(C=O)ccc5c4OC(C)(C)CC5=O)CC3)c2c1.